The zero-order valence-corrected chi connectivity index (χ0v) is 11.3. The van der Waals surface area contributed by atoms with Crippen LogP contribution >= 0.6 is 27.7 Å². The molecule has 0 saturated heterocycles. The lowest BCUT2D eigenvalue weighted by Crippen LogP contribution is -2.03. The molecule has 4 heteroatoms. The van der Waals surface area contributed by atoms with Gasteiger partial charge in [-0.3, -0.25) is 0 Å². The normalized spacial score (nSPS) is 12.5. The van der Waals surface area contributed by atoms with Gasteiger partial charge in [-0.2, -0.15) is 11.8 Å². The van der Waals surface area contributed by atoms with Gasteiger partial charge in [0.1, 0.15) is 5.75 Å². The predicted molar refractivity (Wildman–Crippen MR) is 68.7 cm³/mol. The summed E-state index contributed by atoms with van der Waals surface area (Å²) in [5.74, 6) is 1.71. The highest BCUT2D eigenvalue weighted by Crippen LogP contribution is 2.28. The van der Waals surface area contributed by atoms with Crippen molar-refractivity contribution in [2.75, 3.05) is 18.6 Å². The van der Waals surface area contributed by atoms with Crippen molar-refractivity contribution in [3.8, 4) is 5.75 Å². The molecule has 15 heavy (non-hydrogen) atoms. The van der Waals surface area contributed by atoms with Crippen molar-refractivity contribution in [3.63, 3.8) is 0 Å². The molecule has 0 aliphatic carbocycles. The molecule has 1 N–H and O–H groups in total. The highest BCUT2D eigenvalue weighted by atomic mass is 79.9. The van der Waals surface area contributed by atoms with Crippen LogP contribution in [0.2, 0.25) is 0 Å². The average molecular weight is 291 g/mol. The molecule has 1 aromatic carbocycles. The van der Waals surface area contributed by atoms with E-state index in [9.17, 15) is 5.11 Å². The monoisotopic (exact) mass is 290 g/mol. The van der Waals surface area contributed by atoms with Gasteiger partial charge in [0.05, 0.1) is 12.7 Å². The number of halogens is 1. The number of rotatable bonds is 5. The van der Waals surface area contributed by atoms with Gasteiger partial charge in [0.2, 0.25) is 0 Å². The summed E-state index contributed by atoms with van der Waals surface area (Å²) in [6, 6.07) is 5.68. The van der Waals surface area contributed by atoms with Gasteiger partial charge in [0, 0.05) is 15.8 Å². The molecule has 1 aromatic rings. The van der Waals surface area contributed by atoms with Gasteiger partial charge in [-0.15, -0.1) is 0 Å². The number of thioether (sulfide) groups is 1. The van der Waals surface area contributed by atoms with E-state index in [0.29, 0.717) is 6.61 Å². The number of ether oxygens (including phenoxy) is 1. The Morgan fingerprint density at radius 1 is 1.53 bits per heavy atom. The van der Waals surface area contributed by atoms with Crippen molar-refractivity contribution >= 4 is 27.7 Å². The number of aliphatic hydroxyl groups is 1. The van der Waals surface area contributed by atoms with Gasteiger partial charge in [-0.25, -0.2) is 0 Å². The molecular formula is C11H15BrO2S. The molecule has 0 bridgehead atoms. The van der Waals surface area contributed by atoms with Crippen molar-refractivity contribution in [1.82, 2.24) is 0 Å². The Bertz CT molecular complexity index is 315. The second-order valence-electron chi connectivity index (χ2n) is 3.20. The molecule has 0 spiro atoms. The van der Waals surface area contributed by atoms with Gasteiger partial charge in [-0.1, -0.05) is 22.0 Å². The minimum absolute atomic E-state index is 0.498. The summed E-state index contributed by atoms with van der Waals surface area (Å²) < 4.78 is 6.57. The third-order valence-electron chi connectivity index (χ3n) is 1.97. The highest BCUT2D eigenvalue weighted by Gasteiger charge is 2.09. The van der Waals surface area contributed by atoms with E-state index in [1.807, 2.05) is 24.5 Å². The minimum atomic E-state index is -0.498. The smallest absolute Gasteiger partial charge is 0.126 e. The van der Waals surface area contributed by atoms with Gasteiger partial charge < -0.3 is 9.84 Å². The molecule has 0 saturated carbocycles. The standard InChI is InChI=1S/C11H15BrO2S/c1-8(13)10-4-3-9(12)7-11(10)14-5-6-15-2/h3-4,7-8,13H,5-6H2,1-2H3/t8-/m1/s1. The minimum Gasteiger partial charge on any atom is -0.492 e. The Labute approximate surface area is 103 Å². The van der Waals surface area contributed by atoms with Gasteiger partial charge >= 0.3 is 0 Å². The van der Waals surface area contributed by atoms with Gasteiger partial charge in [0.15, 0.2) is 0 Å². The Morgan fingerprint density at radius 2 is 2.27 bits per heavy atom. The van der Waals surface area contributed by atoms with E-state index < -0.39 is 6.10 Å². The molecule has 0 radical (unpaired) electrons. The van der Waals surface area contributed by atoms with Crippen LogP contribution in [0.25, 0.3) is 0 Å². The Hall–Kier alpha value is -0.190. The first-order chi connectivity index (χ1) is 7.15. The molecule has 2 nitrogen and oxygen atoms in total. The Morgan fingerprint density at radius 3 is 2.87 bits per heavy atom. The Kier molecular flexibility index (Phi) is 5.50. The maximum Gasteiger partial charge on any atom is 0.126 e. The molecule has 0 fully saturated rings. The molecule has 1 atom stereocenters. The van der Waals surface area contributed by atoms with Crippen LogP contribution in [-0.2, 0) is 0 Å². The molecule has 0 aromatic heterocycles. The lowest BCUT2D eigenvalue weighted by atomic mass is 10.1. The Balaban J connectivity index is 2.77. The van der Waals surface area contributed by atoms with Crippen LogP contribution in [0, 0.1) is 0 Å². The second kappa shape index (κ2) is 6.40. The van der Waals surface area contributed by atoms with Gasteiger partial charge in [-0.05, 0) is 25.3 Å². The summed E-state index contributed by atoms with van der Waals surface area (Å²) in [6.45, 7) is 2.40. The molecule has 0 aliphatic rings. The molecular weight excluding hydrogens is 276 g/mol. The maximum absolute atomic E-state index is 9.55. The summed E-state index contributed by atoms with van der Waals surface area (Å²) in [5.41, 5.74) is 0.833. The van der Waals surface area contributed by atoms with E-state index in [1.54, 1.807) is 18.7 Å². The van der Waals surface area contributed by atoms with Gasteiger partial charge in [0.25, 0.3) is 0 Å². The average Bonchev–Trinajstić information content (AvgIpc) is 2.18. The van der Waals surface area contributed by atoms with Crippen LogP contribution in [0.5, 0.6) is 5.75 Å². The maximum atomic E-state index is 9.55. The quantitative estimate of drug-likeness (QED) is 0.844. The lowest BCUT2D eigenvalue weighted by Gasteiger charge is -2.13. The highest BCUT2D eigenvalue weighted by molar-refractivity contribution is 9.10. The predicted octanol–water partition coefficient (Wildman–Crippen LogP) is 3.24. The SMILES string of the molecule is CSCCOc1cc(Br)ccc1[C@@H](C)O. The van der Waals surface area contributed by atoms with E-state index in [-0.39, 0.29) is 0 Å². The van der Waals surface area contributed by atoms with E-state index in [4.69, 9.17) is 4.74 Å². The lowest BCUT2D eigenvalue weighted by molar-refractivity contribution is 0.192. The number of aliphatic hydroxyl groups excluding tert-OH is 1. The van der Waals surface area contributed by atoms with Crippen molar-refractivity contribution in [2.45, 2.75) is 13.0 Å². The van der Waals surface area contributed by atoms with E-state index in [2.05, 4.69) is 15.9 Å². The number of benzene rings is 1. The molecule has 1 rings (SSSR count). The summed E-state index contributed by atoms with van der Waals surface area (Å²) in [6.07, 6.45) is 1.54. The molecule has 0 amide bonds. The zero-order valence-electron chi connectivity index (χ0n) is 8.87. The van der Waals surface area contributed by atoms with Crippen molar-refractivity contribution in [1.29, 1.82) is 0 Å². The van der Waals surface area contributed by atoms with Crippen LogP contribution in [0.1, 0.15) is 18.6 Å². The van der Waals surface area contributed by atoms with E-state index in [1.165, 1.54) is 0 Å². The first kappa shape index (κ1) is 12.9. The zero-order chi connectivity index (χ0) is 11.3. The van der Waals surface area contributed by atoms with E-state index in [0.717, 1.165) is 21.5 Å². The first-order valence-electron chi connectivity index (χ1n) is 4.74. The van der Waals surface area contributed by atoms with Crippen molar-refractivity contribution < 1.29 is 9.84 Å². The fourth-order valence-electron chi connectivity index (χ4n) is 1.21. The summed E-state index contributed by atoms with van der Waals surface area (Å²) in [4.78, 5) is 0. The topological polar surface area (TPSA) is 29.5 Å². The fourth-order valence-corrected chi connectivity index (χ4v) is 1.80. The van der Waals surface area contributed by atoms with Crippen molar-refractivity contribution in [2.24, 2.45) is 0 Å². The largest absolute Gasteiger partial charge is 0.492 e. The third kappa shape index (κ3) is 4.05. The summed E-state index contributed by atoms with van der Waals surface area (Å²) >= 11 is 5.13. The van der Waals surface area contributed by atoms with E-state index >= 15 is 0 Å². The molecule has 0 heterocycles. The van der Waals surface area contributed by atoms with Crippen LogP contribution in [0.3, 0.4) is 0 Å². The number of hydrogen-bond donors (Lipinski definition) is 1. The van der Waals surface area contributed by atoms with Crippen molar-refractivity contribution in [3.05, 3.63) is 28.2 Å². The van der Waals surface area contributed by atoms with Crippen LogP contribution in [-0.4, -0.2) is 23.7 Å². The number of hydrogen-bond acceptors (Lipinski definition) is 3. The second-order valence-corrected chi connectivity index (χ2v) is 5.10. The molecule has 0 aliphatic heterocycles. The first-order valence-corrected chi connectivity index (χ1v) is 6.93. The fraction of sp³-hybridized carbons (Fsp3) is 0.455. The van der Waals surface area contributed by atoms with Crippen LogP contribution in [0.4, 0.5) is 0 Å². The molecule has 84 valence electrons. The van der Waals surface area contributed by atoms with Crippen LogP contribution in [0.15, 0.2) is 22.7 Å². The summed E-state index contributed by atoms with van der Waals surface area (Å²) in [5, 5.41) is 9.55. The van der Waals surface area contributed by atoms with Crippen LogP contribution < -0.4 is 4.74 Å². The summed E-state index contributed by atoms with van der Waals surface area (Å²) in [7, 11) is 0. The molecule has 0 unspecified atom stereocenters. The third-order valence-corrected chi connectivity index (χ3v) is 3.04.